The average molecular weight is 530 g/mol. The lowest BCUT2D eigenvalue weighted by molar-refractivity contribution is -0.160. The minimum Gasteiger partial charge on any atom is -0.490 e. The molecule has 2 aromatic heterocycles. The fraction of sp³-hybridized carbons (Fsp3) is 0.621. The van der Waals surface area contributed by atoms with E-state index in [0.717, 1.165) is 37.2 Å². The predicted molar refractivity (Wildman–Crippen MR) is 147 cm³/mol. The van der Waals surface area contributed by atoms with Crippen molar-refractivity contribution >= 4 is 11.7 Å². The molecule has 1 atom stereocenters. The van der Waals surface area contributed by atoms with E-state index < -0.39 is 17.7 Å². The molecule has 0 spiro atoms. The maximum atomic E-state index is 12.5. The van der Waals surface area contributed by atoms with Gasteiger partial charge in [-0.05, 0) is 58.1 Å². The zero-order valence-electron chi connectivity index (χ0n) is 23.9. The number of carboxylic acids is 1. The molecule has 38 heavy (non-hydrogen) atoms. The molecule has 210 valence electrons. The van der Waals surface area contributed by atoms with Crippen molar-refractivity contribution in [3.05, 3.63) is 35.8 Å². The van der Waals surface area contributed by atoms with Gasteiger partial charge in [0.05, 0.1) is 43.0 Å². The SMILES string of the molecule is COCCOCCOc1ccc(-c2cnc(C)c([C@H](OC(C)(C)C)C(=O)O)c2N2CCC(C)(C)CC2)nc1. The van der Waals surface area contributed by atoms with E-state index in [1.54, 1.807) is 19.5 Å². The number of rotatable bonds is 12. The highest BCUT2D eigenvalue weighted by atomic mass is 16.5. The first-order valence-corrected chi connectivity index (χ1v) is 13.2. The molecule has 1 fully saturated rings. The molecule has 1 aliphatic heterocycles. The van der Waals surface area contributed by atoms with Crippen LogP contribution in [0.3, 0.4) is 0 Å². The monoisotopic (exact) mass is 529 g/mol. The summed E-state index contributed by atoms with van der Waals surface area (Å²) in [5.74, 6) is -0.407. The summed E-state index contributed by atoms with van der Waals surface area (Å²) in [4.78, 5) is 24.1. The average Bonchev–Trinajstić information content (AvgIpc) is 2.85. The summed E-state index contributed by atoms with van der Waals surface area (Å²) in [6.45, 7) is 15.5. The number of hydrogen-bond donors (Lipinski definition) is 1. The third kappa shape index (κ3) is 8.12. The summed E-state index contributed by atoms with van der Waals surface area (Å²) in [5, 5.41) is 10.2. The van der Waals surface area contributed by atoms with Crippen LogP contribution in [0, 0.1) is 12.3 Å². The molecule has 3 heterocycles. The number of hydrogen-bond acceptors (Lipinski definition) is 8. The van der Waals surface area contributed by atoms with Gasteiger partial charge in [-0.1, -0.05) is 13.8 Å². The summed E-state index contributed by atoms with van der Waals surface area (Å²) >= 11 is 0. The van der Waals surface area contributed by atoms with Gasteiger partial charge in [0.1, 0.15) is 12.4 Å². The number of aliphatic carboxylic acids is 1. The van der Waals surface area contributed by atoms with Gasteiger partial charge in [0, 0.05) is 43.2 Å². The molecule has 0 amide bonds. The number of ether oxygens (including phenoxy) is 4. The smallest absolute Gasteiger partial charge is 0.337 e. The van der Waals surface area contributed by atoms with Crippen molar-refractivity contribution in [2.45, 2.75) is 66.1 Å². The highest BCUT2D eigenvalue weighted by Gasteiger charge is 2.36. The normalized spacial score (nSPS) is 16.3. The van der Waals surface area contributed by atoms with Gasteiger partial charge in [0.2, 0.25) is 0 Å². The van der Waals surface area contributed by atoms with Gasteiger partial charge in [-0.3, -0.25) is 9.97 Å². The number of piperidine rings is 1. The van der Waals surface area contributed by atoms with E-state index >= 15 is 0 Å². The Bertz CT molecular complexity index is 1060. The summed E-state index contributed by atoms with van der Waals surface area (Å²) in [5.41, 5.74) is 3.11. The largest absolute Gasteiger partial charge is 0.490 e. The highest BCUT2D eigenvalue weighted by Crippen LogP contribution is 2.43. The quantitative estimate of drug-likeness (QED) is 0.378. The minimum atomic E-state index is -1.16. The van der Waals surface area contributed by atoms with Crippen LogP contribution in [0.1, 0.15) is 64.8 Å². The fourth-order valence-electron chi connectivity index (χ4n) is 4.46. The number of pyridine rings is 2. The Morgan fingerprint density at radius 2 is 1.76 bits per heavy atom. The van der Waals surface area contributed by atoms with Crippen molar-refractivity contribution in [3.8, 4) is 17.0 Å². The van der Waals surface area contributed by atoms with Crippen molar-refractivity contribution in [2.75, 3.05) is 51.5 Å². The zero-order chi connectivity index (χ0) is 27.9. The van der Waals surface area contributed by atoms with E-state index in [1.165, 1.54) is 0 Å². The molecule has 0 saturated carbocycles. The topological polar surface area (TPSA) is 103 Å². The predicted octanol–water partition coefficient (Wildman–Crippen LogP) is 5.06. The Morgan fingerprint density at radius 3 is 2.34 bits per heavy atom. The van der Waals surface area contributed by atoms with Crippen LogP contribution in [0.15, 0.2) is 24.5 Å². The van der Waals surface area contributed by atoms with Gasteiger partial charge in [0.25, 0.3) is 0 Å². The van der Waals surface area contributed by atoms with E-state index in [2.05, 4.69) is 28.7 Å². The number of anilines is 1. The lowest BCUT2D eigenvalue weighted by atomic mass is 9.82. The van der Waals surface area contributed by atoms with Crippen LogP contribution in [0.2, 0.25) is 0 Å². The Kier molecular flexibility index (Phi) is 10.1. The molecule has 0 aromatic carbocycles. The molecule has 1 saturated heterocycles. The van der Waals surface area contributed by atoms with Crippen molar-refractivity contribution in [3.63, 3.8) is 0 Å². The molecule has 9 heteroatoms. The van der Waals surface area contributed by atoms with Crippen molar-refractivity contribution < 1.29 is 28.8 Å². The highest BCUT2D eigenvalue weighted by molar-refractivity contribution is 5.85. The van der Waals surface area contributed by atoms with Gasteiger partial charge < -0.3 is 29.0 Å². The molecule has 0 aliphatic carbocycles. The van der Waals surface area contributed by atoms with Crippen LogP contribution in [-0.2, 0) is 19.0 Å². The molecule has 0 bridgehead atoms. The van der Waals surface area contributed by atoms with E-state index in [4.69, 9.17) is 18.9 Å². The van der Waals surface area contributed by atoms with Gasteiger partial charge in [-0.25, -0.2) is 4.79 Å². The summed E-state index contributed by atoms with van der Waals surface area (Å²) in [6, 6.07) is 3.75. The lowest BCUT2D eigenvalue weighted by Crippen LogP contribution is -2.39. The maximum Gasteiger partial charge on any atom is 0.337 e. The van der Waals surface area contributed by atoms with Crippen LogP contribution in [-0.4, -0.2) is 73.3 Å². The molecule has 3 rings (SSSR count). The van der Waals surface area contributed by atoms with Crippen LogP contribution in [0.25, 0.3) is 11.3 Å². The zero-order valence-corrected chi connectivity index (χ0v) is 23.9. The van der Waals surface area contributed by atoms with Gasteiger partial charge in [-0.2, -0.15) is 0 Å². The Balaban J connectivity index is 1.97. The number of methoxy groups -OCH3 is 1. The molecule has 2 aromatic rings. The van der Waals surface area contributed by atoms with E-state index in [0.29, 0.717) is 49.1 Å². The van der Waals surface area contributed by atoms with Gasteiger partial charge >= 0.3 is 5.97 Å². The third-order valence-corrected chi connectivity index (χ3v) is 6.62. The molecule has 1 N–H and O–H groups in total. The maximum absolute atomic E-state index is 12.5. The first kappa shape index (κ1) is 29.8. The van der Waals surface area contributed by atoms with E-state index in [1.807, 2.05) is 39.8 Å². The standard InChI is InChI=1S/C29H43N3O6/c1-20-24(26(27(33)34)38-28(2,3)4)25(32-12-10-29(5,6)11-13-32)22(19-30-20)23-9-8-21(18-31-23)37-17-16-36-15-14-35-7/h8-9,18-19,26H,10-17H2,1-7H3,(H,33,34)/t26-/m0/s1. The first-order valence-electron chi connectivity index (χ1n) is 13.2. The molecule has 1 aliphatic rings. The summed E-state index contributed by atoms with van der Waals surface area (Å²) < 4.78 is 22.3. The number of aromatic nitrogens is 2. The Hall–Kier alpha value is -2.75. The van der Waals surface area contributed by atoms with Crippen LogP contribution < -0.4 is 9.64 Å². The lowest BCUT2D eigenvalue weighted by Gasteiger charge is -2.40. The third-order valence-electron chi connectivity index (χ3n) is 6.62. The van der Waals surface area contributed by atoms with Crippen molar-refractivity contribution in [1.29, 1.82) is 0 Å². The molecular weight excluding hydrogens is 486 g/mol. The Morgan fingerprint density at radius 1 is 1.08 bits per heavy atom. The first-order chi connectivity index (χ1) is 17.9. The van der Waals surface area contributed by atoms with Crippen molar-refractivity contribution in [1.82, 2.24) is 9.97 Å². The summed E-state index contributed by atoms with van der Waals surface area (Å²) in [7, 11) is 1.64. The van der Waals surface area contributed by atoms with E-state index in [9.17, 15) is 9.90 Å². The second kappa shape index (κ2) is 12.9. The Labute approximate surface area is 226 Å². The van der Waals surface area contributed by atoms with E-state index in [-0.39, 0.29) is 5.41 Å². The second-order valence-corrected chi connectivity index (χ2v) is 11.5. The number of nitrogens with zero attached hydrogens (tertiary/aromatic N) is 3. The van der Waals surface area contributed by atoms with Gasteiger partial charge in [0.15, 0.2) is 6.10 Å². The van der Waals surface area contributed by atoms with Crippen LogP contribution in [0.4, 0.5) is 5.69 Å². The molecule has 9 nitrogen and oxygen atoms in total. The number of carbonyl (C=O) groups is 1. The number of aryl methyl sites for hydroxylation is 1. The van der Waals surface area contributed by atoms with Crippen LogP contribution >= 0.6 is 0 Å². The van der Waals surface area contributed by atoms with Crippen LogP contribution in [0.5, 0.6) is 5.75 Å². The molecule has 0 unspecified atom stereocenters. The molecule has 0 radical (unpaired) electrons. The fourth-order valence-corrected chi connectivity index (χ4v) is 4.46. The second-order valence-electron chi connectivity index (χ2n) is 11.5. The molecular formula is C29H43N3O6. The minimum absolute atomic E-state index is 0.234. The van der Waals surface area contributed by atoms with Crippen molar-refractivity contribution in [2.24, 2.45) is 5.41 Å². The summed E-state index contributed by atoms with van der Waals surface area (Å²) in [6.07, 6.45) is 4.30. The van der Waals surface area contributed by atoms with Gasteiger partial charge in [-0.15, -0.1) is 0 Å². The number of carboxylic acid groups (broad SMARTS) is 1.